The molecule has 0 bridgehead atoms. The van der Waals surface area contributed by atoms with Crippen LogP contribution in [0.3, 0.4) is 0 Å². The number of benzene rings is 8. The normalized spacial score (nSPS) is 13.4. The highest BCUT2D eigenvalue weighted by atomic mass is 32.1. The molecule has 3 nitrogen and oxygen atoms in total. The van der Waals surface area contributed by atoms with Gasteiger partial charge in [0, 0.05) is 60.4 Å². The van der Waals surface area contributed by atoms with E-state index < -0.39 is 0 Å². The first-order valence-electron chi connectivity index (χ1n) is 19.8. The largest absolute Gasteiger partial charge is 0.311 e. The van der Waals surface area contributed by atoms with Crippen LogP contribution in [0.15, 0.2) is 194 Å². The monoisotopic (exact) mass is 745 g/mol. The van der Waals surface area contributed by atoms with Gasteiger partial charge >= 0.3 is 0 Å². The molecule has 268 valence electrons. The van der Waals surface area contributed by atoms with E-state index in [1.807, 2.05) is 11.3 Å². The Morgan fingerprint density at radius 3 is 1.84 bits per heavy atom. The number of anilines is 9. The van der Waals surface area contributed by atoms with E-state index in [0.717, 1.165) is 29.9 Å². The molecule has 0 N–H and O–H groups in total. The lowest BCUT2D eigenvalue weighted by atomic mass is 9.36. The van der Waals surface area contributed by atoms with Crippen molar-refractivity contribution in [1.82, 2.24) is 0 Å². The lowest BCUT2D eigenvalue weighted by Crippen LogP contribution is -2.60. The number of nitrogens with zero attached hydrogens (tertiary/aromatic N) is 3. The van der Waals surface area contributed by atoms with Crippen molar-refractivity contribution in [2.45, 2.75) is 12.8 Å². The zero-order chi connectivity index (χ0) is 37.5. The van der Waals surface area contributed by atoms with E-state index in [4.69, 9.17) is 0 Å². The second-order valence-corrected chi connectivity index (χ2v) is 16.3. The van der Waals surface area contributed by atoms with E-state index in [1.54, 1.807) is 0 Å². The first kappa shape index (κ1) is 32.4. The SMILES string of the molecule is c1ccc(-c2cccc(N3c4cccc5c4B(c4ccc(N(c6ccccc6)c6ccccc6)cc4N5c4ccc5c(c4)CC5)c4sc5ccccc5c43)c2)cc1. The van der Waals surface area contributed by atoms with E-state index in [1.165, 1.54) is 82.2 Å². The molecule has 0 atom stereocenters. The van der Waals surface area contributed by atoms with Crippen molar-refractivity contribution in [3.8, 4) is 11.1 Å². The minimum absolute atomic E-state index is 0.0611. The van der Waals surface area contributed by atoms with Crippen molar-refractivity contribution >= 4 is 95.0 Å². The summed E-state index contributed by atoms with van der Waals surface area (Å²) >= 11 is 1.95. The van der Waals surface area contributed by atoms with Crippen LogP contribution in [-0.4, -0.2) is 6.71 Å². The molecular weight excluding hydrogens is 709 g/mol. The molecule has 0 amide bonds. The third-order valence-corrected chi connectivity index (χ3v) is 13.3. The summed E-state index contributed by atoms with van der Waals surface area (Å²) in [7, 11) is 0. The molecule has 3 heterocycles. The second-order valence-electron chi connectivity index (χ2n) is 15.2. The van der Waals surface area contributed by atoms with Gasteiger partial charge < -0.3 is 14.7 Å². The zero-order valence-electron chi connectivity index (χ0n) is 31.2. The third-order valence-electron chi connectivity index (χ3n) is 12.1. The van der Waals surface area contributed by atoms with Crippen LogP contribution in [0.1, 0.15) is 11.1 Å². The van der Waals surface area contributed by atoms with Gasteiger partial charge in [0.25, 0.3) is 6.71 Å². The van der Waals surface area contributed by atoms with Crippen LogP contribution in [0, 0.1) is 0 Å². The molecule has 0 fully saturated rings. The molecule has 12 rings (SSSR count). The fourth-order valence-corrected chi connectivity index (χ4v) is 10.7. The van der Waals surface area contributed by atoms with Gasteiger partial charge in [-0.2, -0.15) is 0 Å². The summed E-state index contributed by atoms with van der Waals surface area (Å²) < 4.78 is 2.69. The van der Waals surface area contributed by atoms with Gasteiger partial charge in [0.05, 0.1) is 5.69 Å². The van der Waals surface area contributed by atoms with Gasteiger partial charge in [-0.3, -0.25) is 0 Å². The second kappa shape index (κ2) is 12.9. The van der Waals surface area contributed by atoms with Crippen molar-refractivity contribution < 1.29 is 0 Å². The van der Waals surface area contributed by atoms with E-state index in [2.05, 4.69) is 209 Å². The maximum atomic E-state index is 2.55. The first-order valence-corrected chi connectivity index (χ1v) is 20.7. The summed E-state index contributed by atoms with van der Waals surface area (Å²) in [5, 5.41) is 1.29. The van der Waals surface area contributed by atoms with E-state index >= 15 is 0 Å². The lowest BCUT2D eigenvalue weighted by molar-refractivity contribution is 0.839. The van der Waals surface area contributed by atoms with Crippen molar-refractivity contribution in [1.29, 1.82) is 0 Å². The Kier molecular flexibility index (Phi) is 7.32. The molecule has 0 spiro atoms. The summed E-state index contributed by atoms with van der Waals surface area (Å²) in [4.78, 5) is 7.49. The van der Waals surface area contributed by atoms with Crippen LogP contribution in [0.2, 0.25) is 0 Å². The Balaban J connectivity index is 1.13. The number of thiophene rings is 1. The van der Waals surface area contributed by atoms with Gasteiger partial charge in [-0.05, 0) is 125 Å². The number of para-hydroxylation sites is 2. The molecule has 2 aliphatic heterocycles. The average Bonchev–Trinajstić information content (AvgIpc) is 3.65. The Labute approximate surface area is 337 Å². The minimum atomic E-state index is 0.0611. The fraction of sp³-hybridized carbons (Fsp3) is 0.0385. The summed E-state index contributed by atoms with van der Waals surface area (Å²) in [6.45, 7) is 0.0611. The van der Waals surface area contributed by atoms with Crippen LogP contribution >= 0.6 is 11.3 Å². The van der Waals surface area contributed by atoms with Crippen LogP contribution in [0.25, 0.3) is 21.2 Å². The number of hydrogen-bond acceptors (Lipinski definition) is 4. The van der Waals surface area contributed by atoms with Gasteiger partial charge in [-0.15, -0.1) is 11.3 Å². The summed E-state index contributed by atoms with van der Waals surface area (Å²) in [5.74, 6) is 0. The Morgan fingerprint density at radius 1 is 0.456 bits per heavy atom. The standard InChI is InChI=1S/C52H36BN3S/c1-4-14-35(15-5-1)37-16-12-21-41(32-37)56-47-24-13-23-46-50(47)53(52-51(56)44-22-10-11-25-49(44)57-52)45-31-30-43(34-48(45)55(46)42-29-28-36-26-27-38(36)33-42)54(39-17-6-2-7-18-39)40-19-8-3-9-20-40/h1-25,28-34H,26-27H2. The lowest BCUT2D eigenvalue weighted by Gasteiger charge is -2.43. The first-order chi connectivity index (χ1) is 28.3. The highest BCUT2D eigenvalue weighted by Gasteiger charge is 2.45. The third kappa shape index (κ3) is 5.05. The maximum Gasteiger partial charge on any atom is 0.264 e. The van der Waals surface area contributed by atoms with Gasteiger partial charge in [-0.1, -0.05) is 115 Å². The van der Waals surface area contributed by atoms with Crippen molar-refractivity contribution in [2.75, 3.05) is 14.7 Å². The highest BCUT2D eigenvalue weighted by Crippen LogP contribution is 2.49. The molecule has 57 heavy (non-hydrogen) atoms. The van der Waals surface area contributed by atoms with Crippen LogP contribution in [-0.2, 0) is 12.8 Å². The molecule has 1 aliphatic carbocycles. The van der Waals surface area contributed by atoms with Crippen LogP contribution in [0.5, 0.6) is 0 Å². The maximum absolute atomic E-state index is 2.55. The Hall–Kier alpha value is -6.82. The van der Waals surface area contributed by atoms with Crippen LogP contribution in [0.4, 0.5) is 51.2 Å². The summed E-state index contributed by atoms with van der Waals surface area (Å²) in [6.07, 6.45) is 2.29. The van der Waals surface area contributed by atoms with Gasteiger partial charge in [0.2, 0.25) is 0 Å². The quantitative estimate of drug-likeness (QED) is 0.157. The number of fused-ring (bicyclic) bond motifs is 7. The predicted molar refractivity (Wildman–Crippen MR) is 243 cm³/mol. The molecule has 3 aliphatic rings. The minimum Gasteiger partial charge on any atom is -0.311 e. The van der Waals surface area contributed by atoms with Crippen molar-refractivity contribution in [3.63, 3.8) is 0 Å². The molecule has 0 saturated heterocycles. The van der Waals surface area contributed by atoms with Crippen molar-refractivity contribution in [3.05, 3.63) is 205 Å². The fourth-order valence-electron chi connectivity index (χ4n) is 9.41. The molecule has 0 radical (unpaired) electrons. The van der Waals surface area contributed by atoms with Gasteiger partial charge in [0.1, 0.15) is 0 Å². The predicted octanol–water partition coefficient (Wildman–Crippen LogP) is 12.2. The topological polar surface area (TPSA) is 9.72 Å². The molecular formula is C52H36BN3S. The molecule has 9 aromatic rings. The smallest absolute Gasteiger partial charge is 0.264 e. The number of aryl methyl sites for hydroxylation is 2. The summed E-state index contributed by atoms with van der Waals surface area (Å²) in [5.41, 5.74) is 18.8. The zero-order valence-corrected chi connectivity index (χ0v) is 32.0. The average molecular weight is 746 g/mol. The number of hydrogen-bond donors (Lipinski definition) is 0. The van der Waals surface area contributed by atoms with Crippen LogP contribution < -0.4 is 30.4 Å². The van der Waals surface area contributed by atoms with E-state index in [-0.39, 0.29) is 6.71 Å². The molecule has 0 unspecified atom stereocenters. The Bertz CT molecular complexity index is 2960. The molecule has 0 saturated carbocycles. The Morgan fingerprint density at radius 2 is 1.11 bits per heavy atom. The molecule has 1 aromatic heterocycles. The summed E-state index contributed by atoms with van der Waals surface area (Å²) in [6, 6.07) is 71.6. The van der Waals surface area contributed by atoms with E-state index in [9.17, 15) is 0 Å². The van der Waals surface area contributed by atoms with E-state index in [0.29, 0.717) is 0 Å². The highest BCUT2D eigenvalue weighted by molar-refractivity contribution is 7.33. The van der Waals surface area contributed by atoms with Gasteiger partial charge in [0.15, 0.2) is 0 Å². The van der Waals surface area contributed by atoms with Gasteiger partial charge in [-0.25, -0.2) is 0 Å². The molecule has 5 heteroatoms. The molecule has 8 aromatic carbocycles. The number of rotatable bonds is 6. The van der Waals surface area contributed by atoms with Crippen molar-refractivity contribution in [2.24, 2.45) is 0 Å².